The smallest absolute Gasteiger partial charge is 0.270 e. The highest BCUT2D eigenvalue weighted by atomic mass is 79.9. The molecule has 3 aromatic carbocycles. The van der Waals surface area contributed by atoms with Gasteiger partial charge in [0, 0.05) is 9.50 Å². The van der Waals surface area contributed by atoms with Crippen molar-refractivity contribution < 1.29 is 9.59 Å². The van der Waals surface area contributed by atoms with E-state index < -0.39 is 11.8 Å². The van der Waals surface area contributed by atoms with Crippen LogP contribution in [0.25, 0.3) is 16.8 Å². The van der Waals surface area contributed by atoms with Crippen LogP contribution >= 0.6 is 39.7 Å². The molecule has 1 heterocycles. The summed E-state index contributed by atoms with van der Waals surface area (Å²) in [6, 6.07) is 18.3. The highest BCUT2D eigenvalue weighted by Crippen LogP contribution is 2.30. The number of hydrogen-bond acceptors (Lipinski definition) is 3. The second-order valence-electron chi connectivity index (χ2n) is 6.12. The second-order valence-corrected chi connectivity index (χ2v) is 7.74. The van der Waals surface area contributed by atoms with E-state index in [1.165, 1.54) is 4.90 Å². The summed E-state index contributed by atoms with van der Waals surface area (Å²) in [4.78, 5) is 26.8. The molecule has 0 bridgehead atoms. The number of halogens is 2. The normalized spacial score (nSPS) is 16.0. The molecule has 1 aliphatic rings. The predicted molar refractivity (Wildman–Crippen MR) is 119 cm³/mol. The number of benzene rings is 3. The van der Waals surface area contributed by atoms with Gasteiger partial charge in [-0.2, -0.15) is 0 Å². The fourth-order valence-electron chi connectivity index (χ4n) is 3.00. The summed E-state index contributed by atoms with van der Waals surface area (Å²) in [6.07, 6.45) is 1.57. The monoisotopic (exact) mass is 470 g/mol. The number of nitrogens with zero attached hydrogens (tertiary/aromatic N) is 1. The Labute approximate surface area is 179 Å². The molecular weight excluding hydrogens is 460 g/mol. The molecule has 138 valence electrons. The highest BCUT2D eigenvalue weighted by molar-refractivity contribution is 9.10. The van der Waals surface area contributed by atoms with Crippen LogP contribution in [0, 0.1) is 0 Å². The highest BCUT2D eigenvalue weighted by Gasteiger charge is 2.34. The Morgan fingerprint density at radius 2 is 1.71 bits per heavy atom. The molecule has 0 aromatic heterocycles. The average molecular weight is 472 g/mol. The van der Waals surface area contributed by atoms with Gasteiger partial charge >= 0.3 is 0 Å². The zero-order valence-electron chi connectivity index (χ0n) is 14.3. The van der Waals surface area contributed by atoms with Crippen LogP contribution < -0.4 is 10.2 Å². The lowest BCUT2D eigenvalue weighted by Gasteiger charge is -2.29. The number of hydrogen-bond donors (Lipinski definition) is 1. The van der Waals surface area contributed by atoms with Crippen LogP contribution in [0.4, 0.5) is 5.69 Å². The number of anilines is 1. The third-order valence-electron chi connectivity index (χ3n) is 4.38. The number of fused-ring (bicyclic) bond motifs is 1. The Hall–Kier alpha value is -2.54. The first-order valence-electron chi connectivity index (χ1n) is 8.30. The fraction of sp³-hybridized carbons (Fsp3) is 0. The van der Waals surface area contributed by atoms with E-state index in [1.54, 1.807) is 30.3 Å². The zero-order chi connectivity index (χ0) is 19.8. The maximum absolute atomic E-state index is 13.1. The summed E-state index contributed by atoms with van der Waals surface area (Å²) in [5, 5.41) is 5.20. The lowest BCUT2D eigenvalue weighted by Crippen LogP contribution is -2.54. The first kappa shape index (κ1) is 18.8. The topological polar surface area (TPSA) is 49.4 Å². The minimum atomic E-state index is -0.528. The fourth-order valence-corrected chi connectivity index (χ4v) is 4.01. The minimum absolute atomic E-state index is 0.000434. The van der Waals surface area contributed by atoms with Crippen molar-refractivity contribution in [2.24, 2.45) is 0 Å². The van der Waals surface area contributed by atoms with Gasteiger partial charge in [-0.05, 0) is 74.8 Å². The molecule has 1 fully saturated rings. The van der Waals surface area contributed by atoms with E-state index in [0.29, 0.717) is 10.7 Å². The van der Waals surface area contributed by atoms with Gasteiger partial charge in [-0.25, -0.2) is 0 Å². The van der Waals surface area contributed by atoms with Crippen molar-refractivity contribution in [2.45, 2.75) is 0 Å². The third-order valence-corrected chi connectivity index (χ3v) is 5.80. The lowest BCUT2D eigenvalue weighted by atomic mass is 10.0. The van der Waals surface area contributed by atoms with Crippen molar-refractivity contribution in [3.63, 3.8) is 0 Å². The van der Waals surface area contributed by atoms with E-state index in [-0.39, 0.29) is 10.7 Å². The molecular formula is C21H12BrClN2O2S. The molecule has 0 saturated carbocycles. The number of carbonyl (C=O) groups excluding carboxylic acids is 2. The van der Waals surface area contributed by atoms with Crippen molar-refractivity contribution in [1.82, 2.24) is 5.32 Å². The number of rotatable bonds is 2. The van der Waals surface area contributed by atoms with E-state index in [0.717, 1.165) is 20.8 Å². The van der Waals surface area contributed by atoms with Gasteiger partial charge < -0.3 is 0 Å². The Bertz CT molecular complexity index is 1170. The summed E-state index contributed by atoms with van der Waals surface area (Å²) in [5.74, 6) is -1.02. The van der Waals surface area contributed by atoms with Crippen LogP contribution in [0.1, 0.15) is 5.56 Å². The van der Waals surface area contributed by atoms with Crippen molar-refractivity contribution in [3.8, 4) is 0 Å². The van der Waals surface area contributed by atoms with Crippen LogP contribution in [0.2, 0.25) is 5.02 Å². The van der Waals surface area contributed by atoms with E-state index in [9.17, 15) is 9.59 Å². The van der Waals surface area contributed by atoms with E-state index in [1.807, 2.05) is 36.4 Å². The van der Waals surface area contributed by atoms with Gasteiger partial charge in [-0.3, -0.25) is 19.8 Å². The van der Waals surface area contributed by atoms with Gasteiger partial charge in [0.2, 0.25) is 0 Å². The Balaban J connectivity index is 1.79. The SMILES string of the molecule is O=C1NC(=S)N(c2ccc(Cl)cc2)C(=O)C1=Cc1ccc2ccccc2c1Br. The quantitative estimate of drug-likeness (QED) is 0.322. The summed E-state index contributed by atoms with van der Waals surface area (Å²) < 4.78 is 0.810. The van der Waals surface area contributed by atoms with Gasteiger partial charge in [0.05, 0.1) is 5.69 Å². The van der Waals surface area contributed by atoms with Crippen molar-refractivity contribution >= 4 is 79.2 Å². The number of carbonyl (C=O) groups is 2. The molecule has 0 unspecified atom stereocenters. The molecule has 7 heteroatoms. The third kappa shape index (κ3) is 3.35. The molecule has 28 heavy (non-hydrogen) atoms. The van der Waals surface area contributed by atoms with Crippen LogP contribution in [0.15, 0.2) is 70.7 Å². The molecule has 1 aliphatic heterocycles. The summed E-state index contributed by atoms with van der Waals surface area (Å²) in [5.41, 5.74) is 1.25. The predicted octanol–water partition coefficient (Wildman–Crippen LogP) is 5.09. The van der Waals surface area contributed by atoms with E-state index >= 15 is 0 Å². The number of amides is 2. The largest absolute Gasteiger partial charge is 0.298 e. The second kappa shape index (κ2) is 7.47. The van der Waals surface area contributed by atoms with Crippen LogP contribution in [-0.2, 0) is 9.59 Å². The molecule has 0 radical (unpaired) electrons. The van der Waals surface area contributed by atoms with Crippen LogP contribution in [0.3, 0.4) is 0 Å². The molecule has 0 spiro atoms. The van der Waals surface area contributed by atoms with Gasteiger partial charge in [0.15, 0.2) is 5.11 Å². The van der Waals surface area contributed by atoms with Crippen LogP contribution in [-0.4, -0.2) is 16.9 Å². The van der Waals surface area contributed by atoms with Crippen molar-refractivity contribution in [2.75, 3.05) is 4.90 Å². The molecule has 0 atom stereocenters. The Kier molecular flexibility index (Phi) is 5.02. The Morgan fingerprint density at radius 1 is 1.00 bits per heavy atom. The van der Waals surface area contributed by atoms with Gasteiger partial charge in [-0.15, -0.1) is 0 Å². The Morgan fingerprint density at radius 3 is 2.46 bits per heavy atom. The summed E-state index contributed by atoms with van der Waals surface area (Å²) in [6.45, 7) is 0. The molecule has 1 N–H and O–H groups in total. The van der Waals surface area contributed by atoms with Crippen molar-refractivity contribution in [3.05, 3.63) is 81.3 Å². The molecule has 2 amide bonds. The molecule has 0 aliphatic carbocycles. The lowest BCUT2D eigenvalue weighted by molar-refractivity contribution is -0.122. The number of nitrogens with one attached hydrogen (secondary N) is 1. The van der Waals surface area contributed by atoms with E-state index in [4.69, 9.17) is 23.8 Å². The molecule has 4 rings (SSSR count). The minimum Gasteiger partial charge on any atom is -0.298 e. The van der Waals surface area contributed by atoms with Crippen molar-refractivity contribution in [1.29, 1.82) is 0 Å². The van der Waals surface area contributed by atoms with Gasteiger partial charge in [0.1, 0.15) is 5.57 Å². The van der Waals surface area contributed by atoms with E-state index in [2.05, 4.69) is 21.2 Å². The maximum atomic E-state index is 13.1. The molecule has 3 aromatic rings. The standard InChI is InChI=1S/C21H12BrClN2O2S/c22-18-13(6-5-12-3-1-2-4-16(12)18)11-17-19(26)24-21(28)25(20(17)27)15-9-7-14(23)8-10-15/h1-11H,(H,24,26,28). The van der Waals surface area contributed by atoms with Crippen LogP contribution in [0.5, 0.6) is 0 Å². The summed E-state index contributed by atoms with van der Waals surface area (Å²) in [7, 11) is 0. The maximum Gasteiger partial charge on any atom is 0.270 e. The van der Waals surface area contributed by atoms with Gasteiger partial charge in [0.25, 0.3) is 11.8 Å². The number of thiocarbonyl (C=S) groups is 1. The van der Waals surface area contributed by atoms with Gasteiger partial charge in [-0.1, -0.05) is 48.0 Å². The molecule has 4 nitrogen and oxygen atoms in total. The zero-order valence-corrected chi connectivity index (χ0v) is 17.4. The average Bonchev–Trinajstić information content (AvgIpc) is 2.68. The first-order valence-corrected chi connectivity index (χ1v) is 9.88. The molecule has 1 saturated heterocycles. The first-order chi connectivity index (χ1) is 13.5. The summed E-state index contributed by atoms with van der Waals surface area (Å²) >= 11 is 14.7.